The van der Waals surface area contributed by atoms with E-state index >= 15 is 0 Å². The lowest BCUT2D eigenvalue weighted by Crippen LogP contribution is -2.15. The highest BCUT2D eigenvalue weighted by Crippen LogP contribution is 2.24. The molecule has 0 radical (unpaired) electrons. The van der Waals surface area contributed by atoms with Crippen LogP contribution in [0.15, 0.2) is 24.8 Å². The van der Waals surface area contributed by atoms with Gasteiger partial charge in [0.25, 0.3) is 0 Å². The molecule has 4 N–H and O–H groups in total. The summed E-state index contributed by atoms with van der Waals surface area (Å²) in [7, 11) is 0. The summed E-state index contributed by atoms with van der Waals surface area (Å²) in [6.07, 6.45) is 11.7. The maximum atomic E-state index is 8.76. The number of nitrogens with one attached hydrogen (secondary N) is 2. The van der Waals surface area contributed by atoms with Gasteiger partial charge < -0.3 is 16.4 Å². The lowest BCUT2D eigenvalue weighted by atomic mass is 10.0. The minimum atomic E-state index is 0.573. The number of nitrogens with two attached hydrogens (primary N) is 1. The molecule has 0 aromatic carbocycles. The number of hydrogen-bond donors (Lipinski definition) is 3. The lowest BCUT2D eigenvalue weighted by Gasteiger charge is -2.19. The Morgan fingerprint density at radius 2 is 1.58 bits per heavy atom. The van der Waals surface area contributed by atoms with E-state index in [9.17, 15) is 0 Å². The minimum Gasteiger partial charge on any atom is -0.384 e. The van der Waals surface area contributed by atoms with Gasteiger partial charge in [-0.15, -0.1) is 0 Å². The Morgan fingerprint density at radius 3 is 2.25 bits per heavy atom. The van der Waals surface area contributed by atoms with Crippen LogP contribution in [-0.2, 0) is 19.4 Å². The van der Waals surface area contributed by atoms with Crippen molar-refractivity contribution >= 4 is 11.4 Å². The van der Waals surface area contributed by atoms with Gasteiger partial charge in [-0.1, -0.05) is 0 Å². The van der Waals surface area contributed by atoms with Gasteiger partial charge in [-0.05, 0) is 36.8 Å². The molecule has 124 valence electrons. The third-order valence-electron chi connectivity index (χ3n) is 4.32. The molecule has 0 fully saturated rings. The van der Waals surface area contributed by atoms with Crippen molar-refractivity contribution in [2.45, 2.75) is 32.2 Å². The van der Waals surface area contributed by atoms with Gasteiger partial charge in [0.2, 0.25) is 0 Å². The van der Waals surface area contributed by atoms with Crippen molar-refractivity contribution in [1.82, 2.24) is 9.97 Å². The number of nitriles is 1. The number of rotatable bonds is 1. The Labute approximate surface area is 142 Å². The molecular formula is C18H22N6. The van der Waals surface area contributed by atoms with E-state index in [2.05, 4.69) is 26.7 Å². The fraction of sp³-hybridized carbons (Fsp3) is 0.389. The Balaban J connectivity index is 0.000000141. The summed E-state index contributed by atoms with van der Waals surface area (Å²) in [5.41, 5.74) is 12.1. The second-order valence-electron chi connectivity index (χ2n) is 5.93. The molecule has 2 aliphatic heterocycles. The van der Waals surface area contributed by atoms with Crippen molar-refractivity contribution in [3.8, 4) is 6.07 Å². The van der Waals surface area contributed by atoms with E-state index in [0.717, 1.165) is 43.6 Å². The van der Waals surface area contributed by atoms with Gasteiger partial charge >= 0.3 is 0 Å². The summed E-state index contributed by atoms with van der Waals surface area (Å²) in [6.45, 7) is 2.60. The van der Waals surface area contributed by atoms with Gasteiger partial charge in [-0.2, -0.15) is 5.26 Å². The highest BCUT2D eigenvalue weighted by Gasteiger charge is 2.12. The monoisotopic (exact) mass is 322 g/mol. The average Bonchev–Trinajstić information content (AvgIpc) is 2.67. The van der Waals surface area contributed by atoms with Gasteiger partial charge in [0.1, 0.15) is 6.07 Å². The third kappa shape index (κ3) is 3.47. The summed E-state index contributed by atoms with van der Waals surface area (Å²) in [4.78, 5) is 8.16. The van der Waals surface area contributed by atoms with Gasteiger partial charge in [-0.25, -0.2) is 0 Å². The quantitative estimate of drug-likeness (QED) is 0.744. The van der Waals surface area contributed by atoms with E-state index in [-0.39, 0.29) is 0 Å². The number of nitrogens with zero attached hydrogens (tertiary/aromatic N) is 3. The molecule has 4 rings (SSSR count). The van der Waals surface area contributed by atoms with Crippen LogP contribution < -0.4 is 16.4 Å². The number of hydrogen-bond acceptors (Lipinski definition) is 6. The predicted molar refractivity (Wildman–Crippen MR) is 94.7 cm³/mol. The SMILES string of the molecule is N#Cc1cncc2c1NCCC2.NCc1cncc2c1NCCC2. The number of fused-ring (bicyclic) bond motifs is 2. The molecule has 2 aromatic rings. The number of anilines is 2. The third-order valence-corrected chi connectivity index (χ3v) is 4.32. The highest BCUT2D eigenvalue weighted by atomic mass is 14.9. The molecule has 0 atom stereocenters. The topological polar surface area (TPSA) is 99.7 Å². The Bertz CT molecular complexity index is 735. The van der Waals surface area contributed by atoms with Crippen molar-refractivity contribution in [3.05, 3.63) is 47.0 Å². The van der Waals surface area contributed by atoms with Crippen molar-refractivity contribution in [2.24, 2.45) is 5.73 Å². The maximum absolute atomic E-state index is 8.76. The minimum absolute atomic E-state index is 0.573. The van der Waals surface area contributed by atoms with Crippen molar-refractivity contribution < 1.29 is 0 Å². The van der Waals surface area contributed by atoms with Crippen LogP contribution >= 0.6 is 0 Å². The van der Waals surface area contributed by atoms with Crippen molar-refractivity contribution in [1.29, 1.82) is 5.26 Å². The summed E-state index contributed by atoms with van der Waals surface area (Å²) < 4.78 is 0. The zero-order valence-corrected chi connectivity index (χ0v) is 13.7. The van der Waals surface area contributed by atoms with Gasteiger partial charge in [-0.3, -0.25) is 9.97 Å². The van der Waals surface area contributed by atoms with Crippen LogP contribution in [0.2, 0.25) is 0 Å². The first kappa shape index (κ1) is 16.2. The van der Waals surface area contributed by atoms with Gasteiger partial charge in [0.05, 0.1) is 11.3 Å². The van der Waals surface area contributed by atoms with Crippen LogP contribution in [-0.4, -0.2) is 23.1 Å². The Kier molecular flexibility index (Phi) is 5.24. The van der Waals surface area contributed by atoms with Gasteiger partial charge in [0.15, 0.2) is 0 Å². The summed E-state index contributed by atoms with van der Waals surface area (Å²) in [5.74, 6) is 0. The summed E-state index contributed by atoms with van der Waals surface area (Å²) >= 11 is 0. The molecule has 0 aliphatic carbocycles. The van der Waals surface area contributed by atoms with E-state index in [1.165, 1.54) is 23.2 Å². The van der Waals surface area contributed by atoms with Crippen LogP contribution in [0.25, 0.3) is 0 Å². The first-order valence-corrected chi connectivity index (χ1v) is 8.34. The van der Waals surface area contributed by atoms with E-state index in [4.69, 9.17) is 11.0 Å². The number of aryl methyl sites for hydroxylation is 2. The van der Waals surface area contributed by atoms with Crippen LogP contribution in [0.5, 0.6) is 0 Å². The number of pyridine rings is 2. The molecule has 6 nitrogen and oxygen atoms in total. The standard InChI is InChI=1S/C9H13N3.C9H9N3/c2*10-4-8-6-11-5-7-2-1-3-12-9(7)8/h5-6,12H,1-4,10H2;5-6,12H,1-3H2. The van der Waals surface area contributed by atoms with E-state index in [1.54, 1.807) is 6.20 Å². The first-order chi connectivity index (χ1) is 11.8. The summed E-state index contributed by atoms with van der Waals surface area (Å²) in [5, 5.41) is 15.3. The fourth-order valence-corrected chi connectivity index (χ4v) is 3.10. The Hall–Kier alpha value is -2.65. The van der Waals surface area contributed by atoms with Crippen LogP contribution in [0.1, 0.15) is 35.1 Å². The molecule has 6 heteroatoms. The smallest absolute Gasteiger partial charge is 0.103 e. The molecule has 0 amide bonds. The van der Waals surface area contributed by atoms with Crippen molar-refractivity contribution in [3.63, 3.8) is 0 Å². The molecular weight excluding hydrogens is 300 g/mol. The normalized spacial score (nSPS) is 14.7. The molecule has 0 spiro atoms. The first-order valence-electron chi connectivity index (χ1n) is 8.34. The van der Waals surface area contributed by atoms with Gasteiger partial charge in [0, 0.05) is 55.7 Å². The fourth-order valence-electron chi connectivity index (χ4n) is 3.10. The Morgan fingerprint density at radius 1 is 0.958 bits per heavy atom. The molecule has 24 heavy (non-hydrogen) atoms. The maximum Gasteiger partial charge on any atom is 0.103 e. The molecule has 0 saturated heterocycles. The molecule has 0 bridgehead atoms. The van der Waals surface area contributed by atoms with Crippen molar-refractivity contribution in [2.75, 3.05) is 23.7 Å². The predicted octanol–water partition coefficient (Wildman–Crippen LogP) is 2.21. The molecule has 0 unspecified atom stereocenters. The van der Waals surface area contributed by atoms with E-state index < -0.39 is 0 Å². The van der Waals surface area contributed by atoms with Crippen LogP contribution in [0.4, 0.5) is 11.4 Å². The zero-order chi connectivity index (χ0) is 16.8. The largest absolute Gasteiger partial charge is 0.384 e. The molecule has 4 heterocycles. The highest BCUT2D eigenvalue weighted by molar-refractivity contribution is 5.62. The number of aromatic nitrogens is 2. The second-order valence-corrected chi connectivity index (χ2v) is 5.93. The molecule has 2 aromatic heterocycles. The van der Waals surface area contributed by atoms with E-state index in [1.807, 2.05) is 18.6 Å². The van der Waals surface area contributed by atoms with Crippen LogP contribution in [0.3, 0.4) is 0 Å². The zero-order valence-electron chi connectivity index (χ0n) is 13.7. The van der Waals surface area contributed by atoms with Crippen LogP contribution in [0, 0.1) is 11.3 Å². The average molecular weight is 322 g/mol. The lowest BCUT2D eigenvalue weighted by molar-refractivity contribution is 0.815. The second kappa shape index (κ2) is 7.75. The molecule has 2 aliphatic rings. The summed E-state index contributed by atoms with van der Waals surface area (Å²) in [6, 6.07) is 2.13. The molecule has 0 saturated carbocycles. The van der Waals surface area contributed by atoms with E-state index in [0.29, 0.717) is 12.1 Å².